The number of para-hydroxylation sites is 1. The van der Waals surface area contributed by atoms with Crippen molar-refractivity contribution in [2.45, 2.75) is 98.3 Å². The zero-order valence-electron chi connectivity index (χ0n) is 37.4. The Hall–Kier alpha value is -6.67. The van der Waals surface area contributed by atoms with Gasteiger partial charge in [-0.1, -0.05) is 72.7 Å². The summed E-state index contributed by atoms with van der Waals surface area (Å²) in [6.07, 6.45) is -1.18. The number of aromatic nitrogens is 1. The second-order valence-electron chi connectivity index (χ2n) is 17.9. The normalized spacial score (nSPS) is 16.4. The molecule has 1 fully saturated rings. The van der Waals surface area contributed by atoms with E-state index in [0.717, 1.165) is 11.8 Å². The molecule has 0 radical (unpaired) electrons. The van der Waals surface area contributed by atoms with Crippen LogP contribution in [0, 0.1) is 52.4 Å². The van der Waals surface area contributed by atoms with E-state index in [1.54, 1.807) is 44.2 Å². The van der Waals surface area contributed by atoms with Gasteiger partial charge in [-0.3, -0.25) is 38.5 Å². The van der Waals surface area contributed by atoms with E-state index >= 15 is 0 Å². The summed E-state index contributed by atoms with van der Waals surface area (Å²) in [5.41, 5.74) is 0.344. The van der Waals surface area contributed by atoms with Crippen LogP contribution in [-0.2, 0) is 28.8 Å². The first-order valence-electron chi connectivity index (χ1n) is 21.1. The van der Waals surface area contributed by atoms with Crippen molar-refractivity contribution in [3.63, 3.8) is 0 Å². The number of rotatable bonds is 21. The Morgan fingerprint density at radius 3 is 1.92 bits per heavy atom. The topological polar surface area (TPSA) is 250 Å². The summed E-state index contributed by atoms with van der Waals surface area (Å²) in [6, 6.07) is 1.89. The van der Waals surface area contributed by atoms with Gasteiger partial charge in [0, 0.05) is 18.0 Å². The molecule has 21 heteroatoms. The fourth-order valence-electron chi connectivity index (χ4n) is 7.33. The molecular formula is C45H54F4N6O11. The number of benzene rings is 2. The van der Waals surface area contributed by atoms with Crippen LogP contribution < -0.4 is 26.0 Å². The number of fused-ring (bicyclic) bond motifs is 1. The highest BCUT2D eigenvalue weighted by atomic mass is 19.2. The summed E-state index contributed by atoms with van der Waals surface area (Å²) in [5.74, 6) is -19.0. The Morgan fingerprint density at radius 1 is 0.773 bits per heavy atom. The van der Waals surface area contributed by atoms with Crippen molar-refractivity contribution in [2.24, 2.45) is 29.1 Å². The molecule has 0 spiro atoms. The number of pyridine rings is 1. The number of ether oxygens (including phenoxy) is 1. The molecule has 1 heterocycles. The fourth-order valence-corrected chi connectivity index (χ4v) is 7.33. The number of nitrogens with zero attached hydrogens (tertiary/aromatic N) is 2. The van der Waals surface area contributed by atoms with Crippen molar-refractivity contribution in [1.29, 1.82) is 0 Å². The quantitative estimate of drug-likeness (QED) is 0.0626. The van der Waals surface area contributed by atoms with Gasteiger partial charge in [0.05, 0.1) is 18.4 Å². The standard InChI is InChI=1S/C45H54F4N6O11/c1-21(2)37(53-40(61)29-13-12-23-10-8-9-11-28(23)50-29)42(63)51-31(19-34(59)60)41(62)54-38(22(3)4)43(64)55(15-14-24-16-25(24)45(5,6)7)44(65)52-30(18-33(57)58)32(56)20-66-39-35(48)26(46)17-27(47)36(39)49/h8-13,17,21-22,24-25,30-31,37-38H,14-16,18-20H2,1-7H3,(H,51,63)(H,52,65)(H,53,61)(H,54,62)(H,57,58)(H,59,60)/t24-,25?,30-,31-,37-,38-/m0/s1. The second-order valence-corrected chi connectivity index (χ2v) is 17.9. The van der Waals surface area contributed by atoms with Crippen molar-refractivity contribution < 1.29 is 70.9 Å². The number of Topliss-reactive ketones (excluding diaryl/α,β-unsaturated/α-hetero) is 1. The first-order valence-corrected chi connectivity index (χ1v) is 21.1. The third-order valence-corrected chi connectivity index (χ3v) is 11.1. The molecule has 0 saturated heterocycles. The largest absolute Gasteiger partial charge is 0.481 e. The fraction of sp³-hybridized carbons (Fsp3) is 0.489. The summed E-state index contributed by atoms with van der Waals surface area (Å²) >= 11 is 0. The summed E-state index contributed by atoms with van der Waals surface area (Å²) in [7, 11) is 0. The van der Waals surface area contributed by atoms with Gasteiger partial charge in [-0.25, -0.2) is 18.6 Å². The molecule has 3 aromatic rings. The molecule has 2 aromatic carbocycles. The molecule has 0 aliphatic heterocycles. The number of nitrogens with one attached hydrogen (secondary N) is 4. The van der Waals surface area contributed by atoms with E-state index < -0.39 is 132 Å². The van der Waals surface area contributed by atoms with Gasteiger partial charge in [0.25, 0.3) is 11.8 Å². The maximum atomic E-state index is 14.4. The van der Waals surface area contributed by atoms with Crippen LogP contribution in [0.4, 0.5) is 22.4 Å². The molecule has 1 saturated carbocycles. The van der Waals surface area contributed by atoms with Gasteiger partial charge in [0.2, 0.25) is 23.4 Å². The highest BCUT2D eigenvalue weighted by Gasteiger charge is 2.46. The Balaban J connectivity index is 1.57. The lowest BCUT2D eigenvalue weighted by Gasteiger charge is -2.31. The van der Waals surface area contributed by atoms with Crippen molar-refractivity contribution in [3.8, 4) is 5.75 Å². The Bertz CT molecular complexity index is 2330. The second kappa shape index (κ2) is 22.0. The van der Waals surface area contributed by atoms with Crippen LogP contribution in [0.1, 0.15) is 84.6 Å². The van der Waals surface area contributed by atoms with E-state index in [2.05, 4.69) is 26.3 Å². The van der Waals surface area contributed by atoms with E-state index in [0.29, 0.717) is 10.4 Å². The number of imide groups is 1. The minimum Gasteiger partial charge on any atom is -0.481 e. The molecular weight excluding hydrogens is 877 g/mol. The molecule has 6 N–H and O–H groups in total. The number of hydrogen-bond acceptors (Lipinski definition) is 10. The summed E-state index contributed by atoms with van der Waals surface area (Å²) in [5, 5.41) is 29.5. The number of carboxylic acid groups (broad SMARTS) is 2. The van der Waals surface area contributed by atoms with E-state index in [-0.39, 0.29) is 42.0 Å². The molecule has 1 aromatic heterocycles. The Kier molecular flexibility index (Phi) is 17.3. The Labute approximate surface area is 377 Å². The SMILES string of the molecule is CC(C)[C@H](NC(=O)c1ccc2ccccc2n1)C(=O)N[C@@H](CC(=O)O)C(=O)N[C@H](C(=O)N(CC[C@H]1CC1C(C)(C)C)C(=O)N[C@@H](CC(=O)O)C(=O)COc1c(F)c(F)cc(F)c1F)C(C)C. The third-order valence-electron chi connectivity index (χ3n) is 11.1. The molecule has 4 rings (SSSR count). The van der Waals surface area contributed by atoms with Crippen molar-refractivity contribution >= 4 is 58.3 Å². The predicted octanol–water partition coefficient (Wildman–Crippen LogP) is 4.75. The maximum absolute atomic E-state index is 14.4. The lowest BCUT2D eigenvalue weighted by molar-refractivity contribution is -0.141. The highest BCUT2D eigenvalue weighted by molar-refractivity contribution is 6.03. The van der Waals surface area contributed by atoms with Crippen LogP contribution in [0.25, 0.3) is 10.9 Å². The van der Waals surface area contributed by atoms with Crippen molar-refractivity contribution in [3.05, 3.63) is 71.4 Å². The number of halogens is 4. The van der Waals surface area contributed by atoms with Crippen LogP contribution in [0.2, 0.25) is 0 Å². The molecule has 66 heavy (non-hydrogen) atoms. The van der Waals surface area contributed by atoms with Crippen LogP contribution in [0.3, 0.4) is 0 Å². The molecule has 6 amide bonds. The number of carbonyl (C=O) groups excluding carboxylic acids is 6. The van der Waals surface area contributed by atoms with Crippen LogP contribution >= 0.6 is 0 Å². The van der Waals surface area contributed by atoms with E-state index in [4.69, 9.17) is 4.74 Å². The van der Waals surface area contributed by atoms with Crippen molar-refractivity contribution in [2.75, 3.05) is 13.2 Å². The van der Waals surface area contributed by atoms with E-state index in [1.807, 2.05) is 20.8 Å². The smallest absolute Gasteiger partial charge is 0.324 e. The van der Waals surface area contributed by atoms with Gasteiger partial charge in [0.1, 0.15) is 36.5 Å². The maximum Gasteiger partial charge on any atom is 0.324 e. The van der Waals surface area contributed by atoms with E-state index in [1.165, 1.54) is 19.9 Å². The predicted molar refractivity (Wildman–Crippen MR) is 228 cm³/mol. The van der Waals surface area contributed by atoms with Gasteiger partial charge in [-0.05, 0) is 54.1 Å². The van der Waals surface area contributed by atoms with Gasteiger partial charge in [-0.15, -0.1) is 0 Å². The number of amides is 6. The molecule has 6 atom stereocenters. The minimum absolute atomic E-state index is 0.0167. The lowest BCUT2D eigenvalue weighted by Crippen LogP contribution is -2.61. The zero-order chi connectivity index (χ0) is 49.4. The highest BCUT2D eigenvalue weighted by Crippen LogP contribution is 2.52. The molecule has 1 unspecified atom stereocenters. The number of hydrogen-bond donors (Lipinski definition) is 6. The van der Waals surface area contributed by atoms with Gasteiger partial charge >= 0.3 is 18.0 Å². The van der Waals surface area contributed by atoms with Crippen LogP contribution in [0.15, 0.2) is 42.5 Å². The molecule has 17 nitrogen and oxygen atoms in total. The Morgan fingerprint density at radius 2 is 1.36 bits per heavy atom. The zero-order valence-corrected chi connectivity index (χ0v) is 37.4. The summed E-state index contributed by atoms with van der Waals surface area (Å²) in [6.45, 7) is 10.4. The molecule has 1 aliphatic carbocycles. The third kappa shape index (κ3) is 13.7. The average molecular weight is 931 g/mol. The van der Waals surface area contributed by atoms with Crippen LogP contribution in [0.5, 0.6) is 5.75 Å². The molecule has 1 aliphatic rings. The average Bonchev–Trinajstić information content (AvgIpc) is 4.03. The van der Waals surface area contributed by atoms with Crippen molar-refractivity contribution in [1.82, 2.24) is 31.2 Å². The number of aliphatic carboxylic acids is 2. The first kappa shape index (κ1) is 52.0. The summed E-state index contributed by atoms with van der Waals surface area (Å²) in [4.78, 5) is 111. The van der Waals surface area contributed by atoms with E-state index in [9.17, 15) is 66.1 Å². The number of carbonyl (C=O) groups is 8. The first-order chi connectivity index (χ1) is 30.8. The number of carboxylic acids is 2. The minimum atomic E-state index is -2.04. The lowest BCUT2D eigenvalue weighted by atomic mass is 9.88. The van der Waals surface area contributed by atoms with Crippen LogP contribution in [-0.4, -0.2) is 105 Å². The van der Waals surface area contributed by atoms with Gasteiger partial charge < -0.3 is 36.2 Å². The monoisotopic (exact) mass is 930 g/mol. The summed E-state index contributed by atoms with van der Waals surface area (Å²) < 4.78 is 60.8. The molecule has 0 bridgehead atoms. The number of urea groups is 1. The van der Waals surface area contributed by atoms with Gasteiger partial charge in [-0.2, -0.15) is 8.78 Å². The number of ketones is 1. The van der Waals surface area contributed by atoms with Gasteiger partial charge in [0.15, 0.2) is 23.2 Å². The molecule has 358 valence electrons.